The van der Waals surface area contributed by atoms with Crippen LogP contribution in [0.2, 0.25) is 0 Å². The van der Waals surface area contributed by atoms with Gasteiger partial charge in [0.05, 0.1) is 13.3 Å². The van der Waals surface area contributed by atoms with Crippen molar-refractivity contribution in [1.29, 1.82) is 0 Å². The molecule has 0 bridgehead atoms. The van der Waals surface area contributed by atoms with Crippen LogP contribution in [0.15, 0.2) is 53.6 Å². The van der Waals surface area contributed by atoms with Crippen molar-refractivity contribution < 1.29 is 14.3 Å². The molecule has 0 atom stereocenters. The molecule has 1 aliphatic rings. The van der Waals surface area contributed by atoms with Gasteiger partial charge >= 0.3 is 0 Å². The van der Waals surface area contributed by atoms with E-state index in [1.54, 1.807) is 13.3 Å². The summed E-state index contributed by atoms with van der Waals surface area (Å²) in [6.45, 7) is 0.429. The summed E-state index contributed by atoms with van der Waals surface area (Å²) in [4.78, 5) is 12.4. The molecule has 0 saturated heterocycles. The maximum atomic E-state index is 12.4. The third-order valence-corrected chi connectivity index (χ3v) is 5.08. The van der Waals surface area contributed by atoms with Crippen LogP contribution < -0.4 is 14.9 Å². The van der Waals surface area contributed by atoms with Crippen molar-refractivity contribution >= 4 is 12.1 Å². The number of aromatic nitrogens is 2. The van der Waals surface area contributed by atoms with Crippen molar-refractivity contribution in [3.63, 3.8) is 0 Å². The molecule has 3 aromatic rings. The predicted molar refractivity (Wildman–Crippen MR) is 114 cm³/mol. The van der Waals surface area contributed by atoms with E-state index in [1.807, 2.05) is 48.5 Å². The van der Waals surface area contributed by atoms with E-state index < -0.39 is 0 Å². The number of rotatable bonds is 7. The second kappa shape index (κ2) is 9.26. The molecule has 1 aliphatic carbocycles. The highest BCUT2D eigenvalue weighted by Crippen LogP contribution is 2.28. The number of amides is 1. The van der Waals surface area contributed by atoms with Gasteiger partial charge in [-0.25, -0.2) is 5.43 Å². The van der Waals surface area contributed by atoms with Crippen LogP contribution in [-0.4, -0.2) is 29.4 Å². The Morgan fingerprint density at radius 3 is 2.83 bits per heavy atom. The molecular weight excluding hydrogens is 380 g/mol. The van der Waals surface area contributed by atoms with Crippen molar-refractivity contribution in [3.05, 3.63) is 76.6 Å². The fourth-order valence-electron chi connectivity index (χ4n) is 3.51. The zero-order valence-corrected chi connectivity index (χ0v) is 16.9. The lowest BCUT2D eigenvalue weighted by Crippen LogP contribution is -2.20. The van der Waals surface area contributed by atoms with Crippen LogP contribution in [0.3, 0.4) is 0 Å². The number of benzene rings is 2. The smallest absolute Gasteiger partial charge is 0.292 e. The fraction of sp³-hybridized carbons (Fsp3) is 0.261. The third-order valence-electron chi connectivity index (χ3n) is 5.08. The Labute approximate surface area is 175 Å². The minimum absolute atomic E-state index is 0.306. The molecule has 1 amide bonds. The van der Waals surface area contributed by atoms with Crippen LogP contribution in [0, 0.1) is 0 Å². The summed E-state index contributed by atoms with van der Waals surface area (Å²) in [6.07, 6.45) is 5.59. The number of H-pyrrole nitrogens is 1. The van der Waals surface area contributed by atoms with Gasteiger partial charge < -0.3 is 9.47 Å². The SMILES string of the molecule is COc1ccc(/C=N\NC(=O)c2n[nH]c3c2CCCC3)cc1OCc1ccccc1. The molecule has 0 radical (unpaired) electrons. The highest BCUT2D eigenvalue weighted by Gasteiger charge is 2.21. The molecule has 7 nitrogen and oxygen atoms in total. The van der Waals surface area contributed by atoms with Crippen LogP contribution in [-0.2, 0) is 19.4 Å². The van der Waals surface area contributed by atoms with E-state index in [9.17, 15) is 4.79 Å². The highest BCUT2D eigenvalue weighted by molar-refractivity contribution is 5.94. The minimum atomic E-state index is -0.306. The van der Waals surface area contributed by atoms with Crippen molar-refractivity contribution in [2.45, 2.75) is 32.3 Å². The second-order valence-electron chi connectivity index (χ2n) is 7.12. The number of fused-ring (bicyclic) bond motifs is 1. The summed E-state index contributed by atoms with van der Waals surface area (Å²) >= 11 is 0. The molecule has 0 unspecified atom stereocenters. The number of hydrogen-bond acceptors (Lipinski definition) is 5. The number of methoxy groups -OCH3 is 1. The van der Waals surface area contributed by atoms with E-state index in [2.05, 4.69) is 20.7 Å². The lowest BCUT2D eigenvalue weighted by atomic mass is 9.96. The average molecular weight is 404 g/mol. The number of nitrogens with one attached hydrogen (secondary N) is 2. The first-order valence-electron chi connectivity index (χ1n) is 9.99. The Morgan fingerprint density at radius 1 is 1.17 bits per heavy atom. The van der Waals surface area contributed by atoms with Gasteiger partial charge in [0.1, 0.15) is 6.61 Å². The topological polar surface area (TPSA) is 88.6 Å². The fourth-order valence-corrected chi connectivity index (χ4v) is 3.51. The van der Waals surface area contributed by atoms with Crippen molar-refractivity contribution in [2.24, 2.45) is 5.10 Å². The van der Waals surface area contributed by atoms with E-state index in [-0.39, 0.29) is 5.91 Å². The highest BCUT2D eigenvalue weighted by atomic mass is 16.5. The summed E-state index contributed by atoms with van der Waals surface area (Å²) in [5, 5.41) is 11.2. The maximum absolute atomic E-state index is 12.4. The molecular formula is C23H24N4O3. The largest absolute Gasteiger partial charge is 0.493 e. The Morgan fingerprint density at radius 2 is 2.00 bits per heavy atom. The van der Waals surface area contributed by atoms with E-state index in [0.717, 1.165) is 48.1 Å². The first-order chi connectivity index (χ1) is 14.7. The monoisotopic (exact) mass is 404 g/mol. The van der Waals surface area contributed by atoms with Crippen molar-refractivity contribution in [2.75, 3.05) is 7.11 Å². The number of nitrogens with zero attached hydrogens (tertiary/aromatic N) is 2. The number of carbonyl (C=O) groups is 1. The van der Waals surface area contributed by atoms with Gasteiger partial charge in [0, 0.05) is 11.3 Å². The van der Waals surface area contributed by atoms with Gasteiger partial charge in [0.15, 0.2) is 17.2 Å². The lowest BCUT2D eigenvalue weighted by Gasteiger charge is -2.11. The van der Waals surface area contributed by atoms with Gasteiger partial charge in [-0.1, -0.05) is 30.3 Å². The van der Waals surface area contributed by atoms with E-state index in [4.69, 9.17) is 9.47 Å². The van der Waals surface area contributed by atoms with Crippen LogP contribution >= 0.6 is 0 Å². The number of hydrazone groups is 1. The molecule has 154 valence electrons. The van der Waals surface area contributed by atoms with Crippen LogP contribution in [0.5, 0.6) is 11.5 Å². The first-order valence-corrected chi connectivity index (χ1v) is 9.99. The first kappa shape index (κ1) is 19.7. The Balaban J connectivity index is 1.42. The molecule has 0 aliphatic heterocycles. The molecule has 0 saturated carbocycles. The van der Waals surface area contributed by atoms with Gasteiger partial charge in [-0.2, -0.15) is 10.2 Å². The molecule has 2 N–H and O–H groups in total. The normalized spacial score (nSPS) is 13.1. The molecule has 4 rings (SSSR count). The van der Waals surface area contributed by atoms with Gasteiger partial charge in [0.2, 0.25) is 0 Å². The van der Waals surface area contributed by atoms with Crippen LogP contribution in [0.1, 0.15) is 45.7 Å². The second-order valence-corrected chi connectivity index (χ2v) is 7.12. The van der Waals surface area contributed by atoms with Gasteiger partial charge in [0.25, 0.3) is 5.91 Å². The average Bonchev–Trinajstić information content (AvgIpc) is 3.23. The maximum Gasteiger partial charge on any atom is 0.292 e. The zero-order chi connectivity index (χ0) is 20.8. The molecule has 0 fully saturated rings. The number of ether oxygens (including phenoxy) is 2. The minimum Gasteiger partial charge on any atom is -0.493 e. The Bertz CT molecular complexity index is 1040. The van der Waals surface area contributed by atoms with Gasteiger partial charge in [-0.15, -0.1) is 0 Å². The predicted octanol–water partition coefficient (Wildman–Crippen LogP) is 3.64. The van der Waals surface area contributed by atoms with Crippen LogP contribution in [0.4, 0.5) is 0 Å². The Hall–Kier alpha value is -3.61. The quantitative estimate of drug-likeness (QED) is 0.465. The summed E-state index contributed by atoms with van der Waals surface area (Å²) in [7, 11) is 1.60. The number of carbonyl (C=O) groups excluding carboxylic acids is 1. The summed E-state index contributed by atoms with van der Waals surface area (Å²) in [6, 6.07) is 15.4. The summed E-state index contributed by atoms with van der Waals surface area (Å²) in [5.74, 6) is 0.938. The molecule has 2 aromatic carbocycles. The molecule has 1 aromatic heterocycles. The number of hydrogen-bond donors (Lipinski definition) is 2. The summed E-state index contributed by atoms with van der Waals surface area (Å²) < 4.78 is 11.3. The van der Waals surface area contributed by atoms with Crippen LogP contribution in [0.25, 0.3) is 0 Å². The number of aryl methyl sites for hydroxylation is 1. The van der Waals surface area contributed by atoms with E-state index in [1.165, 1.54) is 0 Å². The molecule has 30 heavy (non-hydrogen) atoms. The summed E-state index contributed by atoms with van der Waals surface area (Å²) in [5.41, 5.74) is 6.91. The van der Waals surface area contributed by atoms with E-state index in [0.29, 0.717) is 23.8 Å². The van der Waals surface area contributed by atoms with E-state index >= 15 is 0 Å². The Kier molecular flexibility index (Phi) is 6.08. The lowest BCUT2D eigenvalue weighted by molar-refractivity contribution is 0.0949. The standard InChI is InChI=1S/C23H24N4O3/c1-29-20-12-11-17(13-21(20)30-15-16-7-3-2-4-8-16)14-24-27-23(28)22-18-9-5-6-10-19(18)25-26-22/h2-4,7-8,11-14H,5-6,9-10,15H2,1H3,(H,25,26)(H,27,28)/b24-14-. The van der Waals surface area contributed by atoms with Gasteiger partial charge in [-0.05, 0) is 55.0 Å². The molecule has 0 spiro atoms. The van der Waals surface area contributed by atoms with Gasteiger partial charge in [-0.3, -0.25) is 9.89 Å². The molecule has 7 heteroatoms. The third kappa shape index (κ3) is 4.51. The van der Waals surface area contributed by atoms with Crippen molar-refractivity contribution in [3.8, 4) is 11.5 Å². The molecule has 1 heterocycles. The zero-order valence-electron chi connectivity index (χ0n) is 16.9. The van der Waals surface area contributed by atoms with Crippen molar-refractivity contribution in [1.82, 2.24) is 15.6 Å². The number of aromatic amines is 1.